The predicted octanol–water partition coefficient (Wildman–Crippen LogP) is 1.06. The maximum absolute atomic E-state index is 12.4. The van der Waals surface area contributed by atoms with Gasteiger partial charge in [-0.1, -0.05) is 24.3 Å². The number of carbonyl (C=O) groups excluding carboxylic acids is 1. The number of rotatable bonds is 8. The highest BCUT2D eigenvalue weighted by Gasteiger charge is 2.11. The summed E-state index contributed by atoms with van der Waals surface area (Å²) in [4.78, 5) is 24.2. The van der Waals surface area contributed by atoms with Crippen molar-refractivity contribution in [1.82, 2.24) is 24.9 Å². The number of hydrogen-bond acceptors (Lipinski definition) is 5. The lowest BCUT2D eigenvalue weighted by atomic mass is 10.1. The van der Waals surface area contributed by atoms with E-state index in [1.165, 1.54) is 16.8 Å². The average Bonchev–Trinajstić information content (AvgIpc) is 3.19. The van der Waals surface area contributed by atoms with Crippen LogP contribution in [-0.2, 0) is 24.4 Å². The summed E-state index contributed by atoms with van der Waals surface area (Å²) in [6.07, 6.45) is 3.62. The number of amides is 1. The normalized spacial score (nSPS) is 10.7. The third kappa shape index (κ3) is 4.89. The topological polar surface area (TPSA) is 91.0 Å². The fourth-order valence-corrected chi connectivity index (χ4v) is 2.63. The molecule has 3 aromatic rings. The van der Waals surface area contributed by atoms with Crippen LogP contribution in [-0.4, -0.2) is 39.2 Å². The van der Waals surface area contributed by atoms with Crippen molar-refractivity contribution in [1.29, 1.82) is 0 Å². The number of methoxy groups -OCH3 is 1. The first-order valence-corrected chi connectivity index (χ1v) is 8.57. The summed E-state index contributed by atoms with van der Waals surface area (Å²) in [5.41, 5.74) is 1.98. The third-order valence-corrected chi connectivity index (χ3v) is 4.06. The molecule has 0 aliphatic rings. The van der Waals surface area contributed by atoms with Crippen LogP contribution in [0.3, 0.4) is 0 Å². The van der Waals surface area contributed by atoms with E-state index in [0.29, 0.717) is 26.2 Å². The Hall–Kier alpha value is -3.26. The van der Waals surface area contributed by atoms with E-state index in [2.05, 4.69) is 15.5 Å². The van der Waals surface area contributed by atoms with E-state index in [-0.39, 0.29) is 17.2 Å². The van der Waals surface area contributed by atoms with Crippen LogP contribution in [0.15, 0.2) is 59.7 Å². The Morgan fingerprint density at radius 1 is 1.15 bits per heavy atom. The van der Waals surface area contributed by atoms with Crippen molar-refractivity contribution in [2.75, 3.05) is 13.7 Å². The van der Waals surface area contributed by atoms with Gasteiger partial charge in [0, 0.05) is 32.1 Å². The molecule has 0 bridgehead atoms. The first-order chi connectivity index (χ1) is 13.2. The molecule has 0 radical (unpaired) electrons. The van der Waals surface area contributed by atoms with E-state index in [0.717, 1.165) is 11.1 Å². The Morgan fingerprint density at radius 2 is 1.96 bits per heavy atom. The lowest BCUT2D eigenvalue weighted by molar-refractivity contribution is 0.0942. The van der Waals surface area contributed by atoms with Gasteiger partial charge < -0.3 is 10.1 Å². The molecule has 1 amide bonds. The van der Waals surface area contributed by atoms with Crippen LogP contribution in [0.25, 0.3) is 0 Å². The van der Waals surface area contributed by atoms with Crippen molar-refractivity contribution in [2.24, 2.45) is 0 Å². The molecule has 27 heavy (non-hydrogen) atoms. The van der Waals surface area contributed by atoms with Crippen LogP contribution < -0.4 is 10.9 Å². The molecule has 0 unspecified atom stereocenters. The first kappa shape index (κ1) is 18.5. The second-order valence-electron chi connectivity index (χ2n) is 5.93. The van der Waals surface area contributed by atoms with Gasteiger partial charge in [-0.3, -0.25) is 14.3 Å². The minimum atomic E-state index is -0.338. The maximum Gasteiger partial charge on any atom is 0.271 e. The van der Waals surface area contributed by atoms with Crippen molar-refractivity contribution in [3.05, 3.63) is 82.0 Å². The van der Waals surface area contributed by atoms with E-state index in [1.54, 1.807) is 13.3 Å². The minimum absolute atomic E-state index is 0.190. The van der Waals surface area contributed by atoms with Gasteiger partial charge >= 0.3 is 0 Å². The van der Waals surface area contributed by atoms with Crippen LogP contribution in [0.2, 0.25) is 0 Å². The van der Waals surface area contributed by atoms with Crippen LogP contribution in [0.5, 0.6) is 0 Å². The van der Waals surface area contributed by atoms with Crippen molar-refractivity contribution in [2.45, 2.75) is 19.6 Å². The summed E-state index contributed by atoms with van der Waals surface area (Å²) in [5, 5.41) is 11.2. The smallest absolute Gasteiger partial charge is 0.271 e. The Balaban J connectivity index is 1.68. The molecule has 0 aliphatic carbocycles. The lowest BCUT2D eigenvalue weighted by Crippen LogP contribution is -2.30. The molecular formula is C19H21N5O3. The molecule has 0 aliphatic heterocycles. The number of hydrogen-bond donors (Lipinski definition) is 1. The number of carbonyl (C=O) groups is 1. The standard InChI is InChI=1S/C19H21N5O3/c1-27-12-11-24-18(25)8-7-17(22-24)19(26)20-13-15-5-2-3-6-16(15)14-23-10-4-9-21-23/h2-10H,11-14H2,1H3,(H,20,26). The predicted molar refractivity (Wildman–Crippen MR) is 99.3 cm³/mol. The zero-order valence-corrected chi connectivity index (χ0v) is 15.0. The Kier molecular flexibility index (Phi) is 6.11. The van der Waals surface area contributed by atoms with Gasteiger partial charge in [0.05, 0.1) is 19.7 Å². The van der Waals surface area contributed by atoms with Gasteiger partial charge in [0.25, 0.3) is 11.5 Å². The van der Waals surface area contributed by atoms with Gasteiger partial charge in [-0.05, 0) is 23.3 Å². The van der Waals surface area contributed by atoms with Crippen LogP contribution in [0.4, 0.5) is 0 Å². The zero-order chi connectivity index (χ0) is 19.1. The number of nitrogens with one attached hydrogen (secondary N) is 1. The van der Waals surface area contributed by atoms with Crippen molar-refractivity contribution in [3.8, 4) is 0 Å². The van der Waals surface area contributed by atoms with Crippen molar-refractivity contribution < 1.29 is 9.53 Å². The highest BCUT2D eigenvalue weighted by molar-refractivity contribution is 5.91. The fraction of sp³-hybridized carbons (Fsp3) is 0.263. The third-order valence-electron chi connectivity index (χ3n) is 4.06. The molecule has 1 N–H and O–H groups in total. The van der Waals surface area contributed by atoms with E-state index >= 15 is 0 Å². The highest BCUT2D eigenvalue weighted by atomic mass is 16.5. The monoisotopic (exact) mass is 367 g/mol. The molecule has 0 saturated carbocycles. The highest BCUT2D eigenvalue weighted by Crippen LogP contribution is 2.10. The molecule has 8 heteroatoms. The fourth-order valence-electron chi connectivity index (χ4n) is 2.63. The van der Waals surface area contributed by atoms with E-state index in [4.69, 9.17) is 4.74 Å². The van der Waals surface area contributed by atoms with Crippen LogP contribution >= 0.6 is 0 Å². The van der Waals surface area contributed by atoms with Crippen LogP contribution in [0, 0.1) is 0 Å². The molecular weight excluding hydrogens is 346 g/mol. The Bertz CT molecular complexity index is 950. The molecule has 140 valence electrons. The molecule has 0 atom stereocenters. The van der Waals surface area contributed by atoms with Crippen molar-refractivity contribution in [3.63, 3.8) is 0 Å². The summed E-state index contributed by atoms with van der Waals surface area (Å²) < 4.78 is 8.01. The molecule has 1 aromatic carbocycles. The number of benzene rings is 1. The Labute approximate surface area is 156 Å². The summed E-state index contributed by atoms with van der Waals surface area (Å²) >= 11 is 0. The lowest BCUT2D eigenvalue weighted by Gasteiger charge is -2.11. The summed E-state index contributed by atoms with van der Waals surface area (Å²) in [6.45, 7) is 1.62. The Morgan fingerprint density at radius 3 is 2.70 bits per heavy atom. The quantitative estimate of drug-likeness (QED) is 0.643. The second kappa shape index (κ2) is 8.91. The van der Waals surface area contributed by atoms with Gasteiger partial charge in [-0.15, -0.1) is 0 Å². The molecule has 0 saturated heterocycles. The van der Waals surface area contributed by atoms with Gasteiger partial charge in [0.15, 0.2) is 0 Å². The molecule has 2 heterocycles. The van der Waals surface area contributed by atoms with E-state index in [1.807, 2.05) is 41.2 Å². The zero-order valence-electron chi connectivity index (χ0n) is 15.0. The molecule has 0 fully saturated rings. The maximum atomic E-state index is 12.4. The van der Waals surface area contributed by atoms with Gasteiger partial charge in [0.1, 0.15) is 5.69 Å². The summed E-state index contributed by atoms with van der Waals surface area (Å²) in [6, 6.07) is 12.5. The van der Waals surface area contributed by atoms with E-state index in [9.17, 15) is 9.59 Å². The second-order valence-corrected chi connectivity index (χ2v) is 5.93. The van der Waals surface area contributed by atoms with Gasteiger partial charge in [-0.25, -0.2) is 4.68 Å². The molecule has 3 rings (SSSR count). The van der Waals surface area contributed by atoms with E-state index < -0.39 is 0 Å². The first-order valence-electron chi connectivity index (χ1n) is 8.57. The number of nitrogens with zero attached hydrogens (tertiary/aromatic N) is 4. The average molecular weight is 367 g/mol. The SMILES string of the molecule is COCCn1nc(C(=O)NCc2ccccc2Cn2cccn2)ccc1=O. The number of ether oxygens (including phenoxy) is 1. The van der Waals surface area contributed by atoms with Gasteiger partial charge in [-0.2, -0.15) is 10.2 Å². The minimum Gasteiger partial charge on any atom is -0.383 e. The molecule has 8 nitrogen and oxygen atoms in total. The van der Waals surface area contributed by atoms with Crippen LogP contribution in [0.1, 0.15) is 21.6 Å². The molecule has 2 aromatic heterocycles. The van der Waals surface area contributed by atoms with Gasteiger partial charge in [0.2, 0.25) is 0 Å². The summed E-state index contributed by atoms with van der Waals surface area (Å²) in [5.74, 6) is -0.338. The molecule has 0 spiro atoms. The summed E-state index contributed by atoms with van der Waals surface area (Å²) in [7, 11) is 1.54. The van der Waals surface area contributed by atoms with Crippen molar-refractivity contribution >= 4 is 5.91 Å². The largest absolute Gasteiger partial charge is 0.383 e. The number of aromatic nitrogens is 4.